The van der Waals surface area contributed by atoms with Crippen molar-refractivity contribution in [2.75, 3.05) is 23.9 Å². The molecule has 2 aromatic rings. The van der Waals surface area contributed by atoms with Gasteiger partial charge in [0.05, 0.1) is 17.3 Å². The number of thioether (sulfide) groups is 1. The molecule has 0 aromatic heterocycles. The van der Waals surface area contributed by atoms with Crippen molar-refractivity contribution in [3.05, 3.63) is 65.5 Å². The van der Waals surface area contributed by atoms with E-state index in [0.29, 0.717) is 16.8 Å². The molecule has 2 amide bonds. The fraction of sp³-hybridized carbons (Fsp3) is 0.263. The van der Waals surface area contributed by atoms with E-state index in [-0.39, 0.29) is 41.4 Å². The van der Waals surface area contributed by atoms with Crippen LogP contribution in [0.15, 0.2) is 48.5 Å². The van der Waals surface area contributed by atoms with Crippen molar-refractivity contribution in [3.63, 3.8) is 0 Å². The molecule has 0 fully saturated rings. The van der Waals surface area contributed by atoms with Crippen LogP contribution in [0.2, 0.25) is 0 Å². The summed E-state index contributed by atoms with van der Waals surface area (Å²) in [7, 11) is -2.07. The number of nitrogens with one attached hydrogen (secondary N) is 3. The van der Waals surface area contributed by atoms with Gasteiger partial charge in [0.2, 0.25) is 21.8 Å². The van der Waals surface area contributed by atoms with Crippen LogP contribution in [0.25, 0.3) is 0 Å². The van der Waals surface area contributed by atoms with E-state index >= 15 is 0 Å². The lowest BCUT2D eigenvalue weighted by Gasteiger charge is -2.11. The molecular weight excluding hydrogens is 417 g/mol. The Hall–Kier alpha value is -2.43. The summed E-state index contributed by atoms with van der Waals surface area (Å²) in [5, 5.41) is 5.34. The molecule has 0 heterocycles. The van der Waals surface area contributed by atoms with Crippen molar-refractivity contribution < 1.29 is 22.4 Å². The molecule has 3 N–H and O–H groups in total. The molecule has 2 rings (SSSR count). The number of benzene rings is 2. The highest BCUT2D eigenvalue weighted by Gasteiger charge is 2.13. The van der Waals surface area contributed by atoms with Gasteiger partial charge in [-0.25, -0.2) is 17.5 Å². The van der Waals surface area contributed by atoms with Gasteiger partial charge in [0.15, 0.2) is 0 Å². The van der Waals surface area contributed by atoms with Crippen molar-refractivity contribution in [2.24, 2.45) is 0 Å². The van der Waals surface area contributed by atoms with E-state index in [2.05, 4.69) is 15.4 Å². The third kappa shape index (κ3) is 8.22. The minimum absolute atomic E-state index is 0.0712. The molecule has 0 aliphatic heterocycles. The Labute approximate surface area is 173 Å². The number of hydrogen-bond donors (Lipinski definition) is 3. The van der Waals surface area contributed by atoms with E-state index in [1.807, 2.05) is 0 Å². The summed E-state index contributed by atoms with van der Waals surface area (Å²) in [6, 6.07) is 12.4. The maximum absolute atomic E-state index is 12.8. The monoisotopic (exact) mass is 439 g/mol. The number of carbonyl (C=O) groups is 2. The maximum Gasteiger partial charge on any atom is 0.234 e. The summed E-state index contributed by atoms with van der Waals surface area (Å²) in [5.41, 5.74) is 1.79. The van der Waals surface area contributed by atoms with Crippen LogP contribution in [0.1, 0.15) is 11.1 Å². The van der Waals surface area contributed by atoms with Crippen LogP contribution in [0.5, 0.6) is 0 Å². The van der Waals surface area contributed by atoms with Crippen LogP contribution in [-0.4, -0.2) is 38.8 Å². The first-order valence-electron chi connectivity index (χ1n) is 8.67. The molecule has 0 aliphatic carbocycles. The van der Waals surface area contributed by atoms with Gasteiger partial charge in [-0.05, 0) is 42.4 Å². The molecule has 0 unspecified atom stereocenters. The largest absolute Gasteiger partial charge is 0.351 e. The molecule has 0 radical (unpaired) electrons. The van der Waals surface area contributed by atoms with Crippen molar-refractivity contribution in [1.29, 1.82) is 0 Å². The summed E-state index contributed by atoms with van der Waals surface area (Å²) in [4.78, 5) is 23.9. The SMILES string of the molecule is CNS(=O)(=O)Cc1ccccc1CNC(=O)CSCC(=O)Nc1ccc(F)cc1. The second kappa shape index (κ2) is 10.9. The van der Waals surface area contributed by atoms with E-state index in [1.54, 1.807) is 24.3 Å². The first kappa shape index (κ1) is 22.9. The maximum atomic E-state index is 12.8. The summed E-state index contributed by atoms with van der Waals surface area (Å²) in [6.45, 7) is 0.191. The average Bonchev–Trinajstić information content (AvgIpc) is 2.69. The van der Waals surface area contributed by atoms with Gasteiger partial charge in [0, 0.05) is 12.2 Å². The normalized spacial score (nSPS) is 11.1. The van der Waals surface area contributed by atoms with Crippen molar-refractivity contribution >= 4 is 39.3 Å². The van der Waals surface area contributed by atoms with Crippen molar-refractivity contribution in [1.82, 2.24) is 10.0 Å². The third-order valence-electron chi connectivity index (χ3n) is 3.85. The lowest BCUT2D eigenvalue weighted by Crippen LogP contribution is -2.27. The van der Waals surface area contributed by atoms with Gasteiger partial charge in [-0.1, -0.05) is 24.3 Å². The van der Waals surface area contributed by atoms with Crippen LogP contribution in [-0.2, 0) is 31.9 Å². The summed E-state index contributed by atoms with van der Waals surface area (Å²) >= 11 is 1.14. The van der Waals surface area contributed by atoms with Gasteiger partial charge in [0.1, 0.15) is 5.82 Å². The molecule has 0 atom stereocenters. The molecule has 7 nitrogen and oxygen atoms in total. The Morgan fingerprint density at radius 2 is 1.59 bits per heavy atom. The zero-order valence-corrected chi connectivity index (χ0v) is 17.4. The van der Waals surface area contributed by atoms with Gasteiger partial charge in [-0.2, -0.15) is 0 Å². The van der Waals surface area contributed by atoms with Gasteiger partial charge in [0.25, 0.3) is 0 Å². The third-order valence-corrected chi connectivity index (χ3v) is 6.09. The Kier molecular flexibility index (Phi) is 8.62. The standard InChI is InChI=1S/C19H22FN3O4S2/c1-21-29(26,27)13-15-5-3-2-4-14(15)10-22-18(24)11-28-12-19(25)23-17-8-6-16(20)7-9-17/h2-9,21H,10-13H2,1H3,(H,22,24)(H,23,25). The Morgan fingerprint density at radius 3 is 2.24 bits per heavy atom. The average molecular weight is 440 g/mol. The molecule has 0 bridgehead atoms. The molecule has 10 heteroatoms. The quantitative estimate of drug-likeness (QED) is 0.524. The highest BCUT2D eigenvalue weighted by Crippen LogP contribution is 2.12. The molecule has 156 valence electrons. The van der Waals surface area contributed by atoms with Gasteiger partial charge in [-0.3, -0.25) is 9.59 Å². The zero-order valence-electron chi connectivity index (χ0n) is 15.8. The number of amides is 2. The van der Waals surface area contributed by atoms with Crippen LogP contribution in [0.3, 0.4) is 0 Å². The van der Waals surface area contributed by atoms with E-state index in [0.717, 1.165) is 11.8 Å². The Morgan fingerprint density at radius 1 is 0.966 bits per heavy atom. The predicted molar refractivity (Wildman–Crippen MR) is 112 cm³/mol. The predicted octanol–water partition coefficient (Wildman–Crippen LogP) is 1.86. The topological polar surface area (TPSA) is 104 Å². The number of halogens is 1. The summed E-state index contributed by atoms with van der Waals surface area (Å²) in [6.07, 6.45) is 0. The van der Waals surface area contributed by atoms with Gasteiger partial charge in [-0.15, -0.1) is 11.8 Å². The Bertz CT molecular complexity index is 950. The number of hydrogen-bond acceptors (Lipinski definition) is 5. The molecule has 2 aromatic carbocycles. The number of carbonyl (C=O) groups excluding carboxylic acids is 2. The van der Waals surface area contributed by atoms with Crippen molar-refractivity contribution in [3.8, 4) is 0 Å². The number of rotatable bonds is 10. The van der Waals surface area contributed by atoms with Gasteiger partial charge >= 0.3 is 0 Å². The second-order valence-corrected chi connectivity index (χ2v) is 8.97. The number of anilines is 1. The Balaban J connectivity index is 1.76. The first-order chi connectivity index (χ1) is 13.8. The zero-order chi connectivity index (χ0) is 21.3. The molecule has 0 spiro atoms. The fourth-order valence-electron chi connectivity index (χ4n) is 2.36. The highest BCUT2D eigenvalue weighted by molar-refractivity contribution is 8.00. The summed E-state index contributed by atoms with van der Waals surface area (Å²) in [5.74, 6) is -0.976. The highest BCUT2D eigenvalue weighted by atomic mass is 32.2. The molecular formula is C19H22FN3O4S2. The van der Waals surface area contributed by atoms with Crippen molar-refractivity contribution in [2.45, 2.75) is 12.3 Å². The minimum atomic E-state index is -3.42. The lowest BCUT2D eigenvalue weighted by atomic mass is 10.1. The van der Waals surface area contributed by atoms with E-state index < -0.39 is 10.0 Å². The fourth-order valence-corrected chi connectivity index (χ4v) is 3.84. The molecule has 0 aliphatic rings. The van der Waals surface area contributed by atoms with Crippen LogP contribution in [0, 0.1) is 5.82 Å². The number of sulfonamides is 1. The van der Waals surface area contributed by atoms with E-state index in [1.165, 1.54) is 31.3 Å². The second-order valence-electron chi connectivity index (χ2n) is 6.06. The first-order valence-corrected chi connectivity index (χ1v) is 11.5. The van der Waals surface area contributed by atoms with Crippen LogP contribution < -0.4 is 15.4 Å². The van der Waals surface area contributed by atoms with Gasteiger partial charge < -0.3 is 10.6 Å². The molecule has 0 saturated carbocycles. The molecule has 0 saturated heterocycles. The smallest absolute Gasteiger partial charge is 0.234 e. The van der Waals surface area contributed by atoms with Crippen LogP contribution in [0.4, 0.5) is 10.1 Å². The van der Waals surface area contributed by atoms with Crippen LogP contribution >= 0.6 is 11.8 Å². The lowest BCUT2D eigenvalue weighted by molar-refractivity contribution is -0.118. The minimum Gasteiger partial charge on any atom is -0.351 e. The van der Waals surface area contributed by atoms with E-state index in [4.69, 9.17) is 0 Å². The molecule has 29 heavy (non-hydrogen) atoms. The van der Waals surface area contributed by atoms with E-state index in [9.17, 15) is 22.4 Å². The summed E-state index contributed by atoms with van der Waals surface area (Å²) < 4.78 is 38.6.